The van der Waals surface area contributed by atoms with Gasteiger partial charge in [0.05, 0.1) is 24.4 Å². The molecule has 0 aliphatic carbocycles. The highest BCUT2D eigenvalue weighted by atomic mass is 16.5. The predicted octanol–water partition coefficient (Wildman–Crippen LogP) is 2.39. The SMILES string of the molecule is C#CCCCNc1ccc(C#N)cc1OC. The molecule has 0 spiro atoms. The van der Waals surface area contributed by atoms with Gasteiger partial charge in [-0.3, -0.25) is 0 Å². The molecule has 0 saturated carbocycles. The Morgan fingerprint density at radius 3 is 2.94 bits per heavy atom. The number of rotatable bonds is 5. The first-order valence-corrected chi connectivity index (χ1v) is 5.07. The van der Waals surface area contributed by atoms with Gasteiger partial charge in [-0.25, -0.2) is 0 Å². The summed E-state index contributed by atoms with van der Waals surface area (Å²) in [5.41, 5.74) is 1.48. The number of methoxy groups -OCH3 is 1. The molecule has 0 heterocycles. The van der Waals surface area contributed by atoms with Crippen molar-refractivity contribution in [3.05, 3.63) is 23.8 Å². The highest BCUT2D eigenvalue weighted by molar-refractivity contribution is 5.59. The lowest BCUT2D eigenvalue weighted by atomic mass is 10.2. The van der Waals surface area contributed by atoms with Crippen LogP contribution in [0.25, 0.3) is 0 Å². The van der Waals surface area contributed by atoms with E-state index >= 15 is 0 Å². The number of anilines is 1. The first-order valence-electron chi connectivity index (χ1n) is 5.07. The molecule has 82 valence electrons. The fourth-order valence-corrected chi connectivity index (χ4v) is 1.32. The van der Waals surface area contributed by atoms with Gasteiger partial charge in [0.25, 0.3) is 0 Å². The largest absolute Gasteiger partial charge is 0.495 e. The standard InChI is InChI=1S/C13H14N2O/c1-3-4-5-8-15-12-7-6-11(10-14)9-13(12)16-2/h1,6-7,9,15H,4-5,8H2,2H3. The Balaban J connectivity index is 2.66. The summed E-state index contributed by atoms with van der Waals surface area (Å²) in [5, 5.41) is 12.0. The van der Waals surface area contributed by atoms with Crippen molar-refractivity contribution >= 4 is 5.69 Å². The number of nitrogens with one attached hydrogen (secondary N) is 1. The molecule has 0 fully saturated rings. The van der Waals surface area contributed by atoms with Gasteiger partial charge >= 0.3 is 0 Å². The summed E-state index contributed by atoms with van der Waals surface area (Å²) < 4.78 is 5.19. The van der Waals surface area contributed by atoms with Crippen LogP contribution in [0, 0.1) is 23.7 Å². The molecule has 3 nitrogen and oxygen atoms in total. The van der Waals surface area contributed by atoms with E-state index in [1.54, 1.807) is 19.2 Å². The number of nitriles is 1. The minimum absolute atomic E-state index is 0.589. The molecular weight excluding hydrogens is 200 g/mol. The molecule has 1 rings (SSSR count). The quantitative estimate of drug-likeness (QED) is 0.604. The van der Waals surface area contributed by atoms with E-state index in [9.17, 15) is 0 Å². The summed E-state index contributed by atoms with van der Waals surface area (Å²) in [7, 11) is 1.59. The van der Waals surface area contributed by atoms with Gasteiger partial charge in [-0.1, -0.05) is 0 Å². The van der Waals surface area contributed by atoms with Gasteiger partial charge in [0, 0.05) is 19.0 Å². The fourth-order valence-electron chi connectivity index (χ4n) is 1.32. The van der Waals surface area contributed by atoms with E-state index in [-0.39, 0.29) is 0 Å². The predicted molar refractivity (Wildman–Crippen MR) is 64.3 cm³/mol. The van der Waals surface area contributed by atoms with E-state index in [0.29, 0.717) is 11.3 Å². The van der Waals surface area contributed by atoms with Gasteiger partial charge in [0.15, 0.2) is 0 Å². The third-order valence-electron chi connectivity index (χ3n) is 2.14. The molecule has 16 heavy (non-hydrogen) atoms. The Morgan fingerprint density at radius 2 is 2.31 bits per heavy atom. The number of ether oxygens (including phenoxy) is 1. The minimum Gasteiger partial charge on any atom is -0.495 e. The third kappa shape index (κ3) is 3.22. The second-order valence-corrected chi connectivity index (χ2v) is 3.26. The Bertz CT molecular complexity index is 427. The Labute approximate surface area is 96.0 Å². The minimum atomic E-state index is 0.589. The van der Waals surface area contributed by atoms with Crippen molar-refractivity contribution in [1.29, 1.82) is 5.26 Å². The topological polar surface area (TPSA) is 45.0 Å². The van der Waals surface area contributed by atoms with Crippen molar-refractivity contribution in [2.75, 3.05) is 19.0 Å². The lowest BCUT2D eigenvalue weighted by molar-refractivity contribution is 0.416. The Morgan fingerprint density at radius 1 is 1.50 bits per heavy atom. The molecule has 0 atom stereocenters. The molecule has 1 aromatic carbocycles. The smallest absolute Gasteiger partial charge is 0.143 e. The van der Waals surface area contributed by atoms with Crippen LogP contribution in [-0.4, -0.2) is 13.7 Å². The molecule has 0 unspecified atom stereocenters. The number of hydrogen-bond donors (Lipinski definition) is 1. The van der Waals surface area contributed by atoms with E-state index in [2.05, 4.69) is 17.3 Å². The Hall–Kier alpha value is -2.13. The first-order chi connectivity index (χ1) is 7.81. The van der Waals surface area contributed by atoms with Crippen molar-refractivity contribution in [2.24, 2.45) is 0 Å². The van der Waals surface area contributed by atoms with Gasteiger partial charge in [-0.05, 0) is 18.6 Å². The maximum Gasteiger partial charge on any atom is 0.143 e. The third-order valence-corrected chi connectivity index (χ3v) is 2.14. The van der Waals surface area contributed by atoms with Crippen LogP contribution in [0.15, 0.2) is 18.2 Å². The van der Waals surface area contributed by atoms with Crippen LogP contribution in [-0.2, 0) is 0 Å². The second-order valence-electron chi connectivity index (χ2n) is 3.26. The molecule has 0 aliphatic heterocycles. The van der Waals surface area contributed by atoms with E-state index in [1.807, 2.05) is 6.07 Å². The zero-order valence-electron chi connectivity index (χ0n) is 9.29. The highest BCUT2D eigenvalue weighted by Crippen LogP contribution is 2.25. The van der Waals surface area contributed by atoms with Crippen LogP contribution in [0.2, 0.25) is 0 Å². The maximum atomic E-state index is 8.75. The molecule has 0 aliphatic rings. The number of hydrogen-bond acceptors (Lipinski definition) is 3. The average Bonchev–Trinajstić information content (AvgIpc) is 2.34. The summed E-state index contributed by atoms with van der Waals surface area (Å²) in [6.07, 6.45) is 6.84. The normalized spacial score (nSPS) is 8.94. The van der Waals surface area contributed by atoms with Crippen molar-refractivity contribution in [1.82, 2.24) is 0 Å². The summed E-state index contributed by atoms with van der Waals surface area (Å²) in [6.45, 7) is 0.798. The molecular formula is C13H14N2O. The number of unbranched alkanes of at least 4 members (excludes halogenated alkanes) is 1. The van der Waals surface area contributed by atoms with E-state index in [0.717, 1.165) is 25.1 Å². The lowest BCUT2D eigenvalue weighted by Crippen LogP contribution is -2.03. The Kier molecular flexibility index (Phi) is 4.76. The average molecular weight is 214 g/mol. The maximum absolute atomic E-state index is 8.75. The summed E-state index contributed by atoms with van der Waals surface area (Å²) in [6, 6.07) is 7.38. The molecule has 3 heteroatoms. The van der Waals surface area contributed by atoms with Crippen LogP contribution in [0.1, 0.15) is 18.4 Å². The fraction of sp³-hybridized carbons (Fsp3) is 0.308. The summed E-state index contributed by atoms with van der Waals surface area (Å²) in [5.74, 6) is 3.27. The summed E-state index contributed by atoms with van der Waals surface area (Å²) in [4.78, 5) is 0. The van der Waals surface area contributed by atoms with Gasteiger partial charge in [0.2, 0.25) is 0 Å². The molecule has 0 aromatic heterocycles. The number of terminal acetylenes is 1. The zero-order chi connectivity index (χ0) is 11.8. The first kappa shape index (κ1) is 11.9. The highest BCUT2D eigenvalue weighted by Gasteiger charge is 2.03. The molecule has 0 amide bonds. The molecule has 0 saturated heterocycles. The number of benzene rings is 1. The molecule has 1 N–H and O–H groups in total. The van der Waals surface area contributed by atoms with Gasteiger partial charge in [-0.2, -0.15) is 5.26 Å². The monoisotopic (exact) mass is 214 g/mol. The van der Waals surface area contributed by atoms with Gasteiger partial charge in [-0.15, -0.1) is 12.3 Å². The van der Waals surface area contributed by atoms with Crippen LogP contribution in [0.5, 0.6) is 5.75 Å². The van der Waals surface area contributed by atoms with E-state index in [1.165, 1.54) is 0 Å². The van der Waals surface area contributed by atoms with Gasteiger partial charge < -0.3 is 10.1 Å². The van der Waals surface area contributed by atoms with Crippen molar-refractivity contribution in [2.45, 2.75) is 12.8 Å². The van der Waals surface area contributed by atoms with Crippen LogP contribution >= 0.6 is 0 Å². The van der Waals surface area contributed by atoms with Crippen LogP contribution in [0.4, 0.5) is 5.69 Å². The zero-order valence-corrected chi connectivity index (χ0v) is 9.29. The lowest BCUT2D eigenvalue weighted by Gasteiger charge is -2.10. The van der Waals surface area contributed by atoms with Crippen molar-refractivity contribution in [3.8, 4) is 24.2 Å². The molecule has 1 aromatic rings. The van der Waals surface area contributed by atoms with Crippen LogP contribution < -0.4 is 10.1 Å². The van der Waals surface area contributed by atoms with Crippen LogP contribution in [0.3, 0.4) is 0 Å². The number of nitrogens with zero attached hydrogens (tertiary/aromatic N) is 1. The van der Waals surface area contributed by atoms with E-state index in [4.69, 9.17) is 16.4 Å². The summed E-state index contributed by atoms with van der Waals surface area (Å²) >= 11 is 0. The van der Waals surface area contributed by atoms with Crippen molar-refractivity contribution in [3.63, 3.8) is 0 Å². The van der Waals surface area contributed by atoms with E-state index < -0.39 is 0 Å². The molecule has 0 bridgehead atoms. The second kappa shape index (κ2) is 6.37. The van der Waals surface area contributed by atoms with Crippen molar-refractivity contribution < 1.29 is 4.74 Å². The molecule has 0 radical (unpaired) electrons. The van der Waals surface area contributed by atoms with Gasteiger partial charge in [0.1, 0.15) is 5.75 Å².